The zero-order chi connectivity index (χ0) is 16.3. The quantitative estimate of drug-likeness (QED) is 0.808. The standard InChI is InChI=1S/C14H19N3O4S/c1-22(20,21)17-7-5-12(6-8-17)16-14(19)11-4-2-3-10(9-11)13(15)18/h2-4,9,12H,5-8H2,1H3,(H2,15,18)(H,16,19). The number of nitrogens with one attached hydrogen (secondary N) is 1. The minimum absolute atomic E-state index is 0.0808. The molecule has 2 rings (SSSR count). The number of hydrogen-bond acceptors (Lipinski definition) is 4. The minimum atomic E-state index is -3.18. The third-order valence-corrected chi connectivity index (χ3v) is 4.97. The Balaban J connectivity index is 1.96. The first-order valence-electron chi connectivity index (χ1n) is 6.93. The minimum Gasteiger partial charge on any atom is -0.366 e. The van der Waals surface area contributed by atoms with E-state index in [1.807, 2.05) is 0 Å². The van der Waals surface area contributed by atoms with Gasteiger partial charge in [0.15, 0.2) is 0 Å². The zero-order valence-electron chi connectivity index (χ0n) is 12.3. The fourth-order valence-electron chi connectivity index (χ4n) is 2.41. The SMILES string of the molecule is CS(=O)(=O)N1CCC(NC(=O)c2cccc(C(N)=O)c2)CC1. The van der Waals surface area contributed by atoms with Crippen LogP contribution in [-0.4, -0.2) is 49.9 Å². The van der Waals surface area contributed by atoms with Crippen LogP contribution in [0.25, 0.3) is 0 Å². The van der Waals surface area contributed by atoms with Crippen molar-refractivity contribution in [1.82, 2.24) is 9.62 Å². The van der Waals surface area contributed by atoms with Gasteiger partial charge in [-0.3, -0.25) is 9.59 Å². The van der Waals surface area contributed by atoms with Crippen LogP contribution in [0.15, 0.2) is 24.3 Å². The zero-order valence-corrected chi connectivity index (χ0v) is 13.1. The molecule has 1 aliphatic heterocycles. The van der Waals surface area contributed by atoms with Crippen molar-refractivity contribution in [3.05, 3.63) is 35.4 Å². The fraction of sp³-hybridized carbons (Fsp3) is 0.429. The molecule has 120 valence electrons. The van der Waals surface area contributed by atoms with Gasteiger partial charge in [0, 0.05) is 30.3 Å². The number of hydrogen-bond donors (Lipinski definition) is 2. The largest absolute Gasteiger partial charge is 0.366 e. The summed E-state index contributed by atoms with van der Waals surface area (Å²) in [5.41, 5.74) is 5.83. The van der Waals surface area contributed by atoms with Gasteiger partial charge in [-0.2, -0.15) is 0 Å². The molecule has 1 aromatic carbocycles. The van der Waals surface area contributed by atoms with Gasteiger partial charge in [-0.25, -0.2) is 12.7 Å². The van der Waals surface area contributed by atoms with Crippen LogP contribution >= 0.6 is 0 Å². The first-order valence-corrected chi connectivity index (χ1v) is 8.78. The Bertz CT molecular complexity index is 679. The number of sulfonamides is 1. The van der Waals surface area contributed by atoms with Crippen LogP contribution in [-0.2, 0) is 10.0 Å². The Morgan fingerprint density at radius 3 is 2.36 bits per heavy atom. The molecule has 0 aliphatic carbocycles. The van der Waals surface area contributed by atoms with Gasteiger partial charge in [0.25, 0.3) is 5.91 Å². The molecule has 1 aromatic rings. The summed E-state index contributed by atoms with van der Waals surface area (Å²) in [5, 5.41) is 2.86. The molecule has 0 unspecified atom stereocenters. The number of benzene rings is 1. The maximum Gasteiger partial charge on any atom is 0.251 e. The lowest BCUT2D eigenvalue weighted by Crippen LogP contribution is -2.46. The van der Waals surface area contributed by atoms with Gasteiger partial charge in [-0.1, -0.05) is 6.07 Å². The molecular weight excluding hydrogens is 306 g/mol. The van der Waals surface area contributed by atoms with Crippen LogP contribution in [0.1, 0.15) is 33.6 Å². The van der Waals surface area contributed by atoms with Crippen molar-refractivity contribution in [3.63, 3.8) is 0 Å². The van der Waals surface area contributed by atoms with E-state index >= 15 is 0 Å². The van der Waals surface area contributed by atoms with Crippen LogP contribution in [0.5, 0.6) is 0 Å². The van der Waals surface area contributed by atoms with E-state index in [2.05, 4.69) is 5.32 Å². The van der Waals surface area contributed by atoms with Crippen molar-refractivity contribution in [3.8, 4) is 0 Å². The van der Waals surface area contributed by atoms with Crippen molar-refractivity contribution < 1.29 is 18.0 Å². The number of carbonyl (C=O) groups is 2. The Morgan fingerprint density at radius 1 is 1.23 bits per heavy atom. The normalized spacial score (nSPS) is 17.1. The molecule has 7 nitrogen and oxygen atoms in total. The molecule has 1 fully saturated rings. The molecular formula is C14H19N3O4S. The predicted octanol–water partition coefficient (Wildman–Crippen LogP) is -0.0607. The molecule has 0 bridgehead atoms. The van der Waals surface area contributed by atoms with Gasteiger partial charge in [-0.05, 0) is 31.0 Å². The number of carbonyl (C=O) groups excluding carboxylic acids is 2. The molecule has 1 saturated heterocycles. The maximum absolute atomic E-state index is 12.2. The summed E-state index contributed by atoms with van der Waals surface area (Å²) >= 11 is 0. The summed E-state index contributed by atoms with van der Waals surface area (Å²) in [5.74, 6) is -0.878. The fourth-order valence-corrected chi connectivity index (χ4v) is 3.29. The first kappa shape index (κ1) is 16.4. The second-order valence-corrected chi connectivity index (χ2v) is 7.34. The van der Waals surface area contributed by atoms with E-state index in [0.29, 0.717) is 31.5 Å². The summed E-state index contributed by atoms with van der Waals surface area (Å²) in [4.78, 5) is 23.3. The number of amides is 2. The van der Waals surface area contributed by atoms with E-state index in [1.165, 1.54) is 16.6 Å². The Morgan fingerprint density at radius 2 is 1.82 bits per heavy atom. The summed E-state index contributed by atoms with van der Waals surface area (Å²) in [6.45, 7) is 0.788. The van der Waals surface area contributed by atoms with Crippen LogP contribution in [0.2, 0.25) is 0 Å². The highest BCUT2D eigenvalue weighted by atomic mass is 32.2. The molecule has 1 aliphatic rings. The maximum atomic E-state index is 12.2. The number of nitrogens with two attached hydrogens (primary N) is 1. The van der Waals surface area contributed by atoms with Crippen LogP contribution in [0.4, 0.5) is 0 Å². The molecule has 0 spiro atoms. The van der Waals surface area contributed by atoms with E-state index < -0.39 is 15.9 Å². The third-order valence-electron chi connectivity index (χ3n) is 3.67. The average molecular weight is 325 g/mol. The second-order valence-electron chi connectivity index (χ2n) is 5.35. The molecule has 22 heavy (non-hydrogen) atoms. The van der Waals surface area contributed by atoms with E-state index in [1.54, 1.807) is 18.2 Å². The molecule has 0 atom stereocenters. The molecule has 0 radical (unpaired) electrons. The monoisotopic (exact) mass is 325 g/mol. The summed E-state index contributed by atoms with van der Waals surface area (Å²) in [6.07, 6.45) is 2.31. The van der Waals surface area contributed by atoms with E-state index in [9.17, 15) is 18.0 Å². The second kappa shape index (κ2) is 6.45. The van der Waals surface area contributed by atoms with Crippen LogP contribution < -0.4 is 11.1 Å². The van der Waals surface area contributed by atoms with Gasteiger partial charge >= 0.3 is 0 Å². The average Bonchev–Trinajstić information content (AvgIpc) is 2.47. The first-order chi connectivity index (χ1) is 10.3. The number of primary amides is 1. The molecule has 3 N–H and O–H groups in total. The highest BCUT2D eigenvalue weighted by Gasteiger charge is 2.26. The van der Waals surface area contributed by atoms with Gasteiger partial charge in [0.05, 0.1) is 6.26 Å². The number of nitrogens with zero attached hydrogens (tertiary/aromatic N) is 1. The predicted molar refractivity (Wildman–Crippen MR) is 81.9 cm³/mol. The lowest BCUT2D eigenvalue weighted by molar-refractivity contribution is 0.0924. The van der Waals surface area contributed by atoms with Crippen molar-refractivity contribution in [2.24, 2.45) is 5.73 Å². The van der Waals surface area contributed by atoms with E-state index in [4.69, 9.17) is 5.73 Å². The lowest BCUT2D eigenvalue weighted by Gasteiger charge is -2.30. The van der Waals surface area contributed by atoms with Gasteiger partial charge < -0.3 is 11.1 Å². The van der Waals surface area contributed by atoms with Gasteiger partial charge in [0.1, 0.15) is 0 Å². The summed E-state index contributed by atoms with van der Waals surface area (Å²) < 4.78 is 24.3. The molecule has 0 aromatic heterocycles. The molecule has 1 heterocycles. The highest BCUT2D eigenvalue weighted by Crippen LogP contribution is 2.14. The van der Waals surface area contributed by atoms with E-state index in [0.717, 1.165) is 0 Å². The third kappa shape index (κ3) is 4.05. The van der Waals surface area contributed by atoms with Crippen LogP contribution in [0.3, 0.4) is 0 Å². The van der Waals surface area contributed by atoms with Crippen molar-refractivity contribution >= 4 is 21.8 Å². The van der Waals surface area contributed by atoms with Gasteiger partial charge in [0.2, 0.25) is 15.9 Å². The summed E-state index contributed by atoms with van der Waals surface area (Å²) in [7, 11) is -3.18. The van der Waals surface area contributed by atoms with Gasteiger partial charge in [-0.15, -0.1) is 0 Å². The number of piperidine rings is 1. The Kier molecular flexibility index (Phi) is 4.82. The molecule has 2 amide bonds. The Hall–Kier alpha value is -1.93. The van der Waals surface area contributed by atoms with Crippen molar-refractivity contribution in [2.75, 3.05) is 19.3 Å². The van der Waals surface area contributed by atoms with Crippen LogP contribution in [0, 0.1) is 0 Å². The van der Waals surface area contributed by atoms with Crippen molar-refractivity contribution in [2.45, 2.75) is 18.9 Å². The topological polar surface area (TPSA) is 110 Å². The number of rotatable bonds is 4. The molecule has 8 heteroatoms. The lowest BCUT2D eigenvalue weighted by atomic mass is 10.1. The highest BCUT2D eigenvalue weighted by molar-refractivity contribution is 7.88. The van der Waals surface area contributed by atoms with Crippen molar-refractivity contribution in [1.29, 1.82) is 0 Å². The molecule has 0 saturated carbocycles. The smallest absolute Gasteiger partial charge is 0.251 e. The Labute approximate surface area is 129 Å². The summed E-state index contributed by atoms with van der Waals surface area (Å²) in [6, 6.07) is 6.12. The van der Waals surface area contributed by atoms with E-state index in [-0.39, 0.29) is 17.5 Å².